The van der Waals surface area contributed by atoms with Gasteiger partial charge in [0.2, 0.25) is 11.7 Å². The third-order valence-corrected chi connectivity index (χ3v) is 4.34. The number of allylic oxidation sites excluding steroid dienone is 1. The highest BCUT2D eigenvalue weighted by molar-refractivity contribution is 6.55. The van der Waals surface area contributed by atoms with Crippen LogP contribution in [0, 0.1) is 17.3 Å². The van der Waals surface area contributed by atoms with Gasteiger partial charge in [-0.2, -0.15) is 0 Å². The number of ketones is 1. The minimum Gasteiger partial charge on any atom is -0.367 e. The third kappa shape index (κ3) is 3.51. The van der Waals surface area contributed by atoms with E-state index in [1.807, 2.05) is 13.8 Å². The number of Topliss-reactive ketones (excluding diaryl/α,β-unsaturated/α-hetero) is 1. The Labute approximate surface area is 139 Å². The Bertz CT molecular complexity index is 609. The molecule has 22 heavy (non-hydrogen) atoms. The summed E-state index contributed by atoms with van der Waals surface area (Å²) in [5.41, 5.74) is 0.0276. The fourth-order valence-corrected chi connectivity index (χ4v) is 2.95. The molecular formula is C16H17Cl2NO3. The fourth-order valence-electron chi connectivity index (χ4n) is 2.68. The molecule has 1 fully saturated rings. The molecule has 118 valence electrons. The molecule has 1 aliphatic carbocycles. The zero-order valence-corrected chi connectivity index (χ0v) is 13.7. The number of carbonyl (C=O) groups is 2. The lowest BCUT2D eigenvalue weighted by atomic mass is 10.1. The lowest BCUT2D eigenvalue weighted by Gasteiger charge is -2.12. The van der Waals surface area contributed by atoms with Crippen molar-refractivity contribution in [2.24, 2.45) is 17.3 Å². The summed E-state index contributed by atoms with van der Waals surface area (Å²) in [6.07, 6.45) is 0.0427. The van der Waals surface area contributed by atoms with Crippen molar-refractivity contribution >= 4 is 34.9 Å². The predicted octanol–water partition coefficient (Wildman–Crippen LogP) is 2.90. The van der Waals surface area contributed by atoms with Gasteiger partial charge in [0.15, 0.2) is 6.23 Å². The standard InChI is InChI=1S/C16H17Cl2NO3/c1-16(2)10(8-11(17)18)12(16)14(21)19-15(22)13(20)9-6-4-3-5-7-9/h3-8,10,12,15,22H,1-2H3,(H,19,21)/t10-,12-,15+/m1/s1. The minimum absolute atomic E-state index is 0.106. The van der Waals surface area contributed by atoms with Gasteiger partial charge in [0.1, 0.15) is 4.49 Å². The normalized spacial score (nSPS) is 23.3. The van der Waals surface area contributed by atoms with Crippen molar-refractivity contribution in [3.05, 3.63) is 46.5 Å². The highest BCUT2D eigenvalue weighted by Gasteiger charge is 2.60. The van der Waals surface area contributed by atoms with Gasteiger partial charge in [-0.05, 0) is 17.4 Å². The van der Waals surface area contributed by atoms with E-state index in [0.717, 1.165) is 0 Å². The number of benzene rings is 1. The van der Waals surface area contributed by atoms with E-state index >= 15 is 0 Å². The van der Waals surface area contributed by atoms with Gasteiger partial charge in [-0.3, -0.25) is 9.59 Å². The van der Waals surface area contributed by atoms with Crippen molar-refractivity contribution < 1.29 is 14.7 Å². The van der Waals surface area contributed by atoms with Gasteiger partial charge >= 0.3 is 0 Å². The molecule has 2 N–H and O–H groups in total. The Kier molecular flexibility index (Phi) is 4.95. The summed E-state index contributed by atoms with van der Waals surface area (Å²) >= 11 is 11.3. The molecule has 0 radical (unpaired) electrons. The summed E-state index contributed by atoms with van der Waals surface area (Å²) in [5, 5.41) is 12.3. The number of amides is 1. The van der Waals surface area contributed by atoms with E-state index in [1.165, 1.54) is 0 Å². The Hall–Kier alpha value is -1.36. The van der Waals surface area contributed by atoms with Crippen molar-refractivity contribution in [3.63, 3.8) is 0 Å². The van der Waals surface area contributed by atoms with Crippen LogP contribution in [0.5, 0.6) is 0 Å². The first-order valence-corrected chi connectivity index (χ1v) is 7.61. The molecule has 1 aliphatic rings. The molecule has 1 saturated carbocycles. The molecule has 0 aliphatic heterocycles. The number of hydrogen-bond acceptors (Lipinski definition) is 3. The van der Waals surface area contributed by atoms with Crippen LogP contribution in [0.3, 0.4) is 0 Å². The predicted molar refractivity (Wildman–Crippen MR) is 85.5 cm³/mol. The number of aliphatic hydroxyl groups excluding tert-OH is 1. The van der Waals surface area contributed by atoms with Gasteiger partial charge in [-0.1, -0.05) is 67.4 Å². The molecule has 1 amide bonds. The maximum Gasteiger partial charge on any atom is 0.226 e. The summed E-state index contributed by atoms with van der Waals surface area (Å²) in [4.78, 5) is 24.2. The maximum absolute atomic E-state index is 12.2. The molecule has 2 rings (SSSR count). The van der Waals surface area contributed by atoms with Crippen LogP contribution < -0.4 is 5.32 Å². The minimum atomic E-state index is -1.57. The highest BCUT2D eigenvalue weighted by atomic mass is 35.5. The molecule has 6 heteroatoms. The second-order valence-electron chi connectivity index (χ2n) is 5.92. The highest BCUT2D eigenvalue weighted by Crippen LogP contribution is 2.59. The molecule has 0 bridgehead atoms. The molecule has 0 saturated heterocycles. The molecule has 3 atom stereocenters. The van der Waals surface area contributed by atoms with Crippen LogP contribution in [0.25, 0.3) is 0 Å². The number of halogens is 2. The quantitative estimate of drug-likeness (QED) is 0.639. The third-order valence-electron chi connectivity index (χ3n) is 4.08. The summed E-state index contributed by atoms with van der Waals surface area (Å²) in [6.45, 7) is 3.81. The van der Waals surface area contributed by atoms with Crippen LogP contribution >= 0.6 is 23.2 Å². The smallest absolute Gasteiger partial charge is 0.226 e. The van der Waals surface area contributed by atoms with Gasteiger partial charge in [0, 0.05) is 5.56 Å². The van der Waals surface area contributed by atoms with Crippen molar-refractivity contribution in [2.45, 2.75) is 20.1 Å². The Morgan fingerprint density at radius 3 is 2.41 bits per heavy atom. The Morgan fingerprint density at radius 2 is 1.86 bits per heavy atom. The van der Waals surface area contributed by atoms with Gasteiger partial charge < -0.3 is 10.4 Å². The lowest BCUT2D eigenvalue weighted by Crippen LogP contribution is -2.42. The summed E-state index contributed by atoms with van der Waals surface area (Å²) in [6, 6.07) is 8.31. The Balaban J connectivity index is 2.01. The Morgan fingerprint density at radius 1 is 1.27 bits per heavy atom. The molecule has 0 unspecified atom stereocenters. The van der Waals surface area contributed by atoms with Crippen LogP contribution in [0.4, 0.5) is 0 Å². The van der Waals surface area contributed by atoms with Crippen LogP contribution in [0.1, 0.15) is 24.2 Å². The molecule has 0 spiro atoms. The summed E-state index contributed by atoms with van der Waals surface area (Å²) in [5.74, 6) is -1.43. The molecule has 0 heterocycles. The molecule has 0 aromatic heterocycles. The van der Waals surface area contributed by atoms with Crippen molar-refractivity contribution in [1.82, 2.24) is 5.32 Å². The van der Waals surface area contributed by atoms with E-state index in [-0.39, 0.29) is 21.7 Å². The first kappa shape index (κ1) is 17.0. The van der Waals surface area contributed by atoms with E-state index in [0.29, 0.717) is 5.56 Å². The monoisotopic (exact) mass is 341 g/mol. The average molecular weight is 342 g/mol. The summed E-state index contributed by atoms with van der Waals surface area (Å²) in [7, 11) is 0. The van der Waals surface area contributed by atoms with Crippen LogP contribution in [0.15, 0.2) is 40.9 Å². The topological polar surface area (TPSA) is 66.4 Å². The van der Waals surface area contributed by atoms with Gasteiger partial charge in [0.25, 0.3) is 0 Å². The molecule has 1 aromatic rings. The van der Waals surface area contributed by atoms with Crippen molar-refractivity contribution in [2.75, 3.05) is 0 Å². The lowest BCUT2D eigenvalue weighted by molar-refractivity contribution is -0.125. The molecule has 1 aromatic carbocycles. The van der Waals surface area contributed by atoms with E-state index in [4.69, 9.17) is 23.2 Å². The van der Waals surface area contributed by atoms with Crippen molar-refractivity contribution in [1.29, 1.82) is 0 Å². The first-order valence-electron chi connectivity index (χ1n) is 6.85. The maximum atomic E-state index is 12.2. The number of carbonyl (C=O) groups excluding carboxylic acids is 2. The van der Waals surface area contributed by atoms with Crippen LogP contribution in [-0.2, 0) is 4.79 Å². The fraction of sp³-hybridized carbons (Fsp3) is 0.375. The van der Waals surface area contributed by atoms with Gasteiger partial charge in [-0.15, -0.1) is 0 Å². The number of rotatable bonds is 5. The second kappa shape index (κ2) is 6.41. The zero-order chi connectivity index (χ0) is 16.5. The largest absolute Gasteiger partial charge is 0.367 e. The first-order chi connectivity index (χ1) is 10.2. The van der Waals surface area contributed by atoms with E-state index in [1.54, 1.807) is 36.4 Å². The number of hydrogen-bond donors (Lipinski definition) is 2. The molecule has 4 nitrogen and oxygen atoms in total. The SMILES string of the molecule is CC1(C)[C@H](C=C(Cl)Cl)[C@@H]1C(=O)N[C@@H](O)C(=O)c1ccccc1. The van der Waals surface area contributed by atoms with E-state index in [2.05, 4.69) is 5.32 Å². The zero-order valence-electron chi connectivity index (χ0n) is 12.2. The van der Waals surface area contributed by atoms with Gasteiger partial charge in [-0.25, -0.2) is 0 Å². The van der Waals surface area contributed by atoms with Crippen LogP contribution in [0.2, 0.25) is 0 Å². The average Bonchev–Trinajstić information content (AvgIpc) is 2.99. The summed E-state index contributed by atoms with van der Waals surface area (Å²) < 4.78 is 0.106. The van der Waals surface area contributed by atoms with E-state index < -0.39 is 17.9 Å². The number of nitrogens with one attached hydrogen (secondary N) is 1. The second-order valence-corrected chi connectivity index (χ2v) is 6.93. The molecular weight excluding hydrogens is 325 g/mol. The number of aliphatic hydroxyl groups is 1. The van der Waals surface area contributed by atoms with Crippen LogP contribution in [-0.4, -0.2) is 23.0 Å². The van der Waals surface area contributed by atoms with E-state index in [9.17, 15) is 14.7 Å². The van der Waals surface area contributed by atoms with Crippen molar-refractivity contribution in [3.8, 4) is 0 Å². The van der Waals surface area contributed by atoms with Gasteiger partial charge in [0.05, 0.1) is 5.92 Å².